The molecule has 0 aromatic heterocycles. The Labute approximate surface area is 115 Å². The van der Waals surface area contributed by atoms with Gasteiger partial charge in [-0.15, -0.1) is 0 Å². The van der Waals surface area contributed by atoms with Crippen molar-refractivity contribution in [2.75, 3.05) is 32.1 Å². The Morgan fingerprint density at radius 3 is 2.68 bits per heavy atom. The van der Waals surface area contributed by atoms with Gasteiger partial charge in [0.1, 0.15) is 0 Å². The standard InChI is InChI=1S/C15H21N3O/c1-13-6-4-7-14(12-13)17(2)11-8-15(19)18(3)10-5-9-16/h4,6-7,12H,5,8,10-11H2,1-3H3. The van der Waals surface area contributed by atoms with Gasteiger partial charge in [0, 0.05) is 39.3 Å². The van der Waals surface area contributed by atoms with Crippen molar-refractivity contribution in [2.24, 2.45) is 0 Å². The molecular weight excluding hydrogens is 238 g/mol. The van der Waals surface area contributed by atoms with Crippen molar-refractivity contribution in [2.45, 2.75) is 19.8 Å². The largest absolute Gasteiger partial charge is 0.374 e. The van der Waals surface area contributed by atoms with E-state index in [2.05, 4.69) is 24.0 Å². The number of benzene rings is 1. The average Bonchev–Trinajstić information content (AvgIpc) is 2.41. The molecule has 0 bridgehead atoms. The number of carbonyl (C=O) groups excluding carboxylic acids is 1. The Bertz CT molecular complexity index is 465. The lowest BCUT2D eigenvalue weighted by molar-refractivity contribution is -0.129. The predicted octanol–water partition coefficient (Wildman–Crippen LogP) is 2.19. The van der Waals surface area contributed by atoms with Crippen molar-refractivity contribution in [3.05, 3.63) is 29.8 Å². The van der Waals surface area contributed by atoms with Crippen LogP contribution in [0.1, 0.15) is 18.4 Å². The number of nitriles is 1. The molecule has 0 aliphatic rings. The van der Waals surface area contributed by atoms with Crippen LogP contribution in [0.3, 0.4) is 0 Å². The van der Waals surface area contributed by atoms with E-state index in [0.29, 0.717) is 25.9 Å². The lowest BCUT2D eigenvalue weighted by Crippen LogP contribution is -2.31. The summed E-state index contributed by atoms with van der Waals surface area (Å²) in [4.78, 5) is 15.5. The van der Waals surface area contributed by atoms with Crippen LogP contribution >= 0.6 is 0 Å². The molecule has 0 aliphatic heterocycles. The zero-order valence-corrected chi connectivity index (χ0v) is 11.9. The monoisotopic (exact) mass is 259 g/mol. The molecule has 0 radical (unpaired) electrons. The van der Waals surface area contributed by atoms with Crippen LogP contribution in [0.4, 0.5) is 5.69 Å². The highest BCUT2D eigenvalue weighted by atomic mass is 16.2. The molecule has 0 fully saturated rings. The van der Waals surface area contributed by atoms with Crippen molar-refractivity contribution >= 4 is 11.6 Å². The smallest absolute Gasteiger partial charge is 0.224 e. The van der Waals surface area contributed by atoms with Gasteiger partial charge >= 0.3 is 0 Å². The first-order valence-corrected chi connectivity index (χ1v) is 6.43. The summed E-state index contributed by atoms with van der Waals surface area (Å²) in [6.07, 6.45) is 0.850. The van der Waals surface area contributed by atoms with Crippen LogP contribution in [0.5, 0.6) is 0 Å². The summed E-state index contributed by atoms with van der Waals surface area (Å²) >= 11 is 0. The minimum atomic E-state index is 0.0785. The summed E-state index contributed by atoms with van der Waals surface area (Å²) in [6.45, 7) is 3.24. The summed E-state index contributed by atoms with van der Waals surface area (Å²) in [7, 11) is 3.73. The summed E-state index contributed by atoms with van der Waals surface area (Å²) in [6, 6.07) is 10.3. The van der Waals surface area contributed by atoms with E-state index in [0.717, 1.165) is 5.69 Å². The zero-order chi connectivity index (χ0) is 14.3. The maximum absolute atomic E-state index is 11.8. The van der Waals surface area contributed by atoms with Crippen molar-refractivity contribution < 1.29 is 4.79 Å². The van der Waals surface area contributed by atoms with Gasteiger partial charge in [-0.2, -0.15) is 5.26 Å². The van der Waals surface area contributed by atoms with E-state index < -0.39 is 0 Å². The van der Waals surface area contributed by atoms with Crippen LogP contribution in [-0.2, 0) is 4.79 Å². The number of aryl methyl sites for hydroxylation is 1. The normalized spacial score (nSPS) is 9.79. The molecule has 0 saturated heterocycles. The van der Waals surface area contributed by atoms with Gasteiger partial charge in [-0.05, 0) is 24.6 Å². The number of hydrogen-bond donors (Lipinski definition) is 0. The molecule has 0 atom stereocenters. The number of hydrogen-bond acceptors (Lipinski definition) is 3. The molecule has 0 unspecified atom stereocenters. The molecular formula is C15H21N3O. The molecule has 0 heterocycles. The summed E-state index contributed by atoms with van der Waals surface area (Å²) in [5.41, 5.74) is 2.33. The van der Waals surface area contributed by atoms with Gasteiger partial charge in [-0.3, -0.25) is 4.79 Å². The van der Waals surface area contributed by atoms with Crippen LogP contribution in [0.25, 0.3) is 0 Å². The highest BCUT2D eigenvalue weighted by molar-refractivity contribution is 5.76. The molecule has 102 valence electrons. The molecule has 1 aromatic rings. The van der Waals surface area contributed by atoms with Crippen LogP contribution in [-0.4, -0.2) is 38.0 Å². The highest BCUT2D eigenvalue weighted by Gasteiger charge is 2.10. The third-order valence-electron chi connectivity index (χ3n) is 3.09. The van der Waals surface area contributed by atoms with Crippen LogP contribution in [0.2, 0.25) is 0 Å². The molecule has 1 aromatic carbocycles. The molecule has 1 rings (SSSR count). The number of rotatable bonds is 6. The third-order valence-corrected chi connectivity index (χ3v) is 3.09. The quantitative estimate of drug-likeness (QED) is 0.786. The topological polar surface area (TPSA) is 47.3 Å². The second kappa shape index (κ2) is 7.42. The lowest BCUT2D eigenvalue weighted by atomic mass is 10.2. The zero-order valence-electron chi connectivity index (χ0n) is 11.9. The van der Waals surface area contributed by atoms with Gasteiger partial charge in [0.05, 0.1) is 12.5 Å². The Balaban J connectivity index is 2.44. The maximum atomic E-state index is 11.8. The molecule has 0 spiro atoms. The molecule has 0 aliphatic carbocycles. The van der Waals surface area contributed by atoms with Gasteiger partial charge in [0.15, 0.2) is 0 Å². The number of nitrogens with zero attached hydrogens (tertiary/aromatic N) is 3. The molecule has 19 heavy (non-hydrogen) atoms. The Hall–Kier alpha value is -2.02. The van der Waals surface area contributed by atoms with Gasteiger partial charge in [-0.1, -0.05) is 12.1 Å². The number of amides is 1. The Kier molecular flexibility index (Phi) is 5.87. The molecule has 4 nitrogen and oxygen atoms in total. The van der Waals surface area contributed by atoms with Crippen molar-refractivity contribution in [3.8, 4) is 6.07 Å². The lowest BCUT2D eigenvalue weighted by Gasteiger charge is -2.21. The fourth-order valence-electron chi connectivity index (χ4n) is 1.79. The van der Waals surface area contributed by atoms with E-state index in [1.54, 1.807) is 11.9 Å². The van der Waals surface area contributed by atoms with E-state index in [-0.39, 0.29) is 5.91 Å². The van der Waals surface area contributed by atoms with Gasteiger partial charge in [0.25, 0.3) is 0 Å². The van der Waals surface area contributed by atoms with Gasteiger partial charge < -0.3 is 9.80 Å². The first-order chi connectivity index (χ1) is 9.04. The molecule has 0 N–H and O–H groups in total. The summed E-state index contributed by atoms with van der Waals surface area (Å²) in [5, 5.41) is 8.49. The summed E-state index contributed by atoms with van der Waals surface area (Å²) in [5.74, 6) is 0.0785. The van der Waals surface area contributed by atoms with E-state index in [4.69, 9.17) is 5.26 Å². The van der Waals surface area contributed by atoms with Crippen molar-refractivity contribution in [1.82, 2.24) is 4.90 Å². The minimum Gasteiger partial charge on any atom is -0.374 e. The number of anilines is 1. The Morgan fingerprint density at radius 1 is 1.32 bits per heavy atom. The van der Waals surface area contributed by atoms with Crippen molar-refractivity contribution in [1.29, 1.82) is 5.26 Å². The SMILES string of the molecule is Cc1cccc(N(C)CCC(=O)N(C)CCC#N)c1. The highest BCUT2D eigenvalue weighted by Crippen LogP contribution is 2.14. The first-order valence-electron chi connectivity index (χ1n) is 6.43. The molecule has 1 amide bonds. The fraction of sp³-hybridized carbons (Fsp3) is 0.467. The first kappa shape index (κ1) is 15.0. The maximum Gasteiger partial charge on any atom is 0.224 e. The summed E-state index contributed by atoms with van der Waals surface area (Å²) < 4.78 is 0. The molecule has 4 heteroatoms. The van der Waals surface area contributed by atoms with Crippen molar-refractivity contribution in [3.63, 3.8) is 0 Å². The van der Waals surface area contributed by atoms with Gasteiger partial charge in [0.2, 0.25) is 5.91 Å². The number of carbonyl (C=O) groups is 1. The Morgan fingerprint density at radius 2 is 2.05 bits per heavy atom. The third kappa shape index (κ3) is 5.01. The van der Waals surface area contributed by atoms with E-state index in [1.165, 1.54) is 5.56 Å². The van der Waals surface area contributed by atoms with E-state index in [9.17, 15) is 4.79 Å². The molecule has 0 saturated carbocycles. The average molecular weight is 259 g/mol. The second-order valence-corrected chi connectivity index (χ2v) is 4.73. The van der Waals surface area contributed by atoms with E-state index >= 15 is 0 Å². The van der Waals surface area contributed by atoms with E-state index in [1.807, 2.05) is 25.2 Å². The second-order valence-electron chi connectivity index (χ2n) is 4.73. The predicted molar refractivity (Wildman–Crippen MR) is 76.9 cm³/mol. The fourth-order valence-corrected chi connectivity index (χ4v) is 1.79. The van der Waals surface area contributed by atoms with Crippen LogP contribution in [0.15, 0.2) is 24.3 Å². The van der Waals surface area contributed by atoms with Crippen LogP contribution in [0, 0.1) is 18.3 Å². The van der Waals surface area contributed by atoms with Crippen LogP contribution < -0.4 is 4.90 Å². The minimum absolute atomic E-state index is 0.0785. The van der Waals surface area contributed by atoms with Gasteiger partial charge in [-0.25, -0.2) is 0 Å².